The van der Waals surface area contributed by atoms with E-state index in [1.807, 2.05) is 32.9 Å². The van der Waals surface area contributed by atoms with Crippen LogP contribution in [0, 0.1) is 11.7 Å². The van der Waals surface area contributed by atoms with Gasteiger partial charge in [0.1, 0.15) is 11.4 Å². The van der Waals surface area contributed by atoms with Gasteiger partial charge < -0.3 is 20.3 Å². The van der Waals surface area contributed by atoms with Crippen LogP contribution in [-0.4, -0.2) is 37.4 Å². The van der Waals surface area contributed by atoms with Crippen molar-refractivity contribution in [2.24, 2.45) is 5.92 Å². The highest BCUT2D eigenvalue weighted by Crippen LogP contribution is 2.30. The van der Waals surface area contributed by atoms with Gasteiger partial charge in [0.15, 0.2) is 0 Å². The van der Waals surface area contributed by atoms with E-state index in [1.165, 1.54) is 19.3 Å². The zero-order valence-electron chi connectivity index (χ0n) is 16.0. The van der Waals surface area contributed by atoms with Crippen LogP contribution in [0.5, 0.6) is 0 Å². The highest BCUT2D eigenvalue weighted by atomic mass is 19.1. The van der Waals surface area contributed by atoms with E-state index in [0.717, 1.165) is 25.2 Å². The van der Waals surface area contributed by atoms with E-state index in [2.05, 4.69) is 15.5 Å². The molecule has 144 valence electrons. The van der Waals surface area contributed by atoms with Crippen molar-refractivity contribution in [3.63, 3.8) is 0 Å². The maximum Gasteiger partial charge on any atom is 0.407 e. The molecule has 2 N–H and O–H groups in total. The van der Waals surface area contributed by atoms with E-state index in [4.69, 9.17) is 4.74 Å². The number of anilines is 2. The van der Waals surface area contributed by atoms with Crippen LogP contribution in [0.25, 0.3) is 0 Å². The number of amides is 1. The molecular weight excluding hydrogens is 333 g/mol. The minimum Gasteiger partial charge on any atom is -0.444 e. The zero-order chi connectivity index (χ0) is 18.7. The topological polar surface area (TPSA) is 53.6 Å². The van der Waals surface area contributed by atoms with Gasteiger partial charge in [-0.2, -0.15) is 0 Å². The van der Waals surface area contributed by atoms with Gasteiger partial charge in [-0.3, -0.25) is 0 Å². The molecule has 0 aromatic heterocycles. The van der Waals surface area contributed by atoms with Gasteiger partial charge in [0, 0.05) is 31.4 Å². The van der Waals surface area contributed by atoms with Gasteiger partial charge in [-0.15, -0.1) is 0 Å². The fourth-order valence-corrected chi connectivity index (χ4v) is 3.40. The summed E-state index contributed by atoms with van der Waals surface area (Å²) in [6.07, 6.45) is 4.12. The number of nitrogens with zero attached hydrogens (tertiary/aromatic N) is 1. The maximum absolute atomic E-state index is 14.5. The van der Waals surface area contributed by atoms with Crippen molar-refractivity contribution >= 4 is 17.5 Å². The van der Waals surface area contributed by atoms with Crippen LogP contribution >= 0.6 is 0 Å². The molecule has 5 nitrogen and oxygen atoms in total. The Bertz CT molecular complexity index is 640. The van der Waals surface area contributed by atoms with Gasteiger partial charge in [-0.1, -0.05) is 0 Å². The molecule has 1 heterocycles. The first-order chi connectivity index (χ1) is 12.3. The fourth-order valence-electron chi connectivity index (χ4n) is 3.40. The number of hydrogen-bond donors (Lipinski definition) is 2. The molecule has 2 aliphatic rings. The quantitative estimate of drug-likeness (QED) is 0.825. The largest absolute Gasteiger partial charge is 0.444 e. The zero-order valence-corrected chi connectivity index (χ0v) is 16.0. The average molecular weight is 363 g/mol. The predicted octanol–water partition coefficient (Wildman–Crippen LogP) is 4.14. The number of alkyl carbamates (subject to hydrolysis) is 1. The third-order valence-electron chi connectivity index (χ3n) is 4.98. The molecule has 0 radical (unpaired) electrons. The van der Waals surface area contributed by atoms with E-state index < -0.39 is 11.7 Å². The number of hydrogen-bond acceptors (Lipinski definition) is 4. The summed E-state index contributed by atoms with van der Waals surface area (Å²) in [5.74, 6) is 0.116. The Kier molecular flexibility index (Phi) is 5.58. The molecule has 1 aromatic rings. The lowest BCUT2D eigenvalue weighted by atomic mass is 9.93. The molecule has 0 unspecified atom stereocenters. The van der Waals surface area contributed by atoms with Crippen molar-refractivity contribution in [2.75, 3.05) is 29.9 Å². The van der Waals surface area contributed by atoms with Crippen LogP contribution < -0.4 is 15.5 Å². The summed E-state index contributed by atoms with van der Waals surface area (Å²) in [4.78, 5) is 13.8. The van der Waals surface area contributed by atoms with Gasteiger partial charge in [0.05, 0.1) is 5.69 Å². The highest BCUT2D eigenvalue weighted by molar-refractivity contribution is 5.67. The van der Waals surface area contributed by atoms with Crippen molar-refractivity contribution in [2.45, 2.75) is 58.1 Å². The highest BCUT2D eigenvalue weighted by Gasteiger charge is 2.26. The number of carbonyl (C=O) groups excluding carboxylic acids is 1. The molecule has 1 aromatic carbocycles. The fraction of sp³-hybridized carbons (Fsp3) is 0.650. The van der Waals surface area contributed by atoms with Gasteiger partial charge in [0.25, 0.3) is 0 Å². The first-order valence-electron chi connectivity index (χ1n) is 9.58. The predicted molar refractivity (Wildman–Crippen MR) is 102 cm³/mol. The van der Waals surface area contributed by atoms with E-state index in [0.29, 0.717) is 24.2 Å². The Balaban J connectivity index is 1.49. The molecule has 0 spiro atoms. The van der Waals surface area contributed by atoms with Gasteiger partial charge in [0.2, 0.25) is 0 Å². The SMILES string of the molecule is CC(C)(C)OC(=O)NC[C@H]1CCN(c2ccc(NC3CCC3)cc2F)C1. The summed E-state index contributed by atoms with van der Waals surface area (Å²) >= 11 is 0. The third-order valence-corrected chi connectivity index (χ3v) is 4.98. The molecule has 3 rings (SSSR count). The number of nitrogens with one attached hydrogen (secondary N) is 2. The summed E-state index contributed by atoms with van der Waals surface area (Å²) in [6.45, 7) is 7.62. The number of halogens is 1. The lowest BCUT2D eigenvalue weighted by Crippen LogP contribution is -2.36. The second-order valence-electron chi connectivity index (χ2n) is 8.42. The number of carbonyl (C=O) groups is 1. The minimum atomic E-state index is -0.496. The Morgan fingerprint density at radius 3 is 2.69 bits per heavy atom. The molecule has 1 aliphatic carbocycles. The lowest BCUT2D eigenvalue weighted by molar-refractivity contribution is 0.0520. The Morgan fingerprint density at radius 2 is 2.08 bits per heavy atom. The van der Waals surface area contributed by atoms with Gasteiger partial charge >= 0.3 is 6.09 Å². The average Bonchev–Trinajstić information content (AvgIpc) is 2.96. The summed E-state index contributed by atoms with van der Waals surface area (Å²) < 4.78 is 19.8. The molecule has 1 amide bonds. The minimum absolute atomic E-state index is 0.185. The Labute approximate surface area is 155 Å². The monoisotopic (exact) mass is 363 g/mol. The van der Waals surface area contributed by atoms with Crippen LogP contribution in [-0.2, 0) is 4.74 Å². The Morgan fingerprint density at radius 1 is 1.31 bits per heavy atom. The maximum atomic E-state index is 14.5. The van der Waals surface area contributed by atoms with Crippen LogP contribution in [0.4, 0.5) is 20.6 Å². The molecule has 1 saturated heterocycles. The molecule has 1 atom stereocenters. The summed E-state index contributed by atoms with van der Waals surface area (Å²) in [5.41, 5.74) is 1.01. The molecule has 2 fully saturated rings. The van der Waals surface area contributed by atoms with Crippen molar-refractivity contribution in [3.8, 4) is 0 Å². The molecule has 1 aliphatic heterocycles. The summed E-state index contributed by atoms with van der Waals surface area (Å²) in [7, 11) is 0. The molecule has 26 heavy (non-hydrogen) atoms. The molecule has 0 bridgehead atoms. The van der Waals surface area contributed by atoms with E-state index in [1.54, 1.807) is 6.07 Å². The van der Waals surface area contributed by atoms with Crippen LogP contribution in [0.15, 0.2) is 18.2 Å². The van der Waals surface area contributed by atoms with Crippen molar-refractivity contribution < 1.29 is 13.9 Å². The lowest BCUT2D eigenvalue weighted by Gasteiger charge is -2.28. The first-order valence-corrected chi connectivity index (χ1v) is 9.58. The Hall–Kier alpha value is -1.98. The van der Waals surface area contributed by atoms with Crippen molar-refractivity contribution in [1.82, 2.24) is 5.32 Å². The smallest absolute Gasteiger partial charge is 0.407 e. The molecule has 6 heteroatoms. The van der Waals surface area contributed by atoms with Gasteiger partial charge in [-0.05, 0) is 70.6 Å². The normalized spacial score (nSPS) is 20.6. The van der Waals surface area contributed by atoms with E-state index >= 15 is 0 Å². The van der Waals surface area contributed by atoms with Crippen molar-refractivity contribution in [3.05, 3.63) is 24.0 Å². The number of benzene rings is 1. The standard InChI is InChI=1S/C20H30FN3O2/c1-20(2,3)26-19(25)22-12-14-9-10-24(13-14)18-8-7-16(11-17(18)21)23-15-5-4-6-15/h7-8,11,14-15,23H,4-6,9-10,12-13H2,1-3H3,(H,22,25)/t14-/m1/s1. The van der Waals surface area contributed by atoms with Crippen LogP contribution in [0.3, 0.4) is 0 Å². The molecular formula is C20H30FN3O2. The summed E-state index contributed by atoms with van der Waals surface area (Å²) in [6, 6.07) is 5.92. The second kappa shape index (κ2) is 7.72. The van der Waals surface area contributed by atoms with Gasteiger partial charge in [-0.25, -0.2) is 9.18 Å². The van der Waals surface area contributed by atoms with Crippen molar-refractivity contribution in [1.29, 1.82) is 0 Å². The van der Waals surface area contributed by atoms with Crippen LogP contribution in [0.1, 0.15) is 46.5 Å². The molecule has 1 saturated carbocycles. The number of ether oxygens (including phenoxy) is 1. The third kappa shape index (κ3) is 5.02. The number of rotatable bonds is 5. The first kappa shape index (κ1) is 18.8. The second-order valence-corrected chi connectivity index (χ2v) is 8.42. The van der Waals surface area contributed by atoms with Crippen LogP contribution in [0.2, 0.25) is 0 Å². The van der Waals surface area contributed by atoms with E-state index in [-0.39, 0.29) is 5.82 Å². The van der Waals surface area contributed by atoms with E-state index in [9.17, 15) is 9.18 Å². The summed E-state index contributed by atoms with van der Waals surface area (Å²) in [5, 5.41) is 6.20.